The Balaban J connectivity index is 1.96. The molecule has 0 aliphatic heterocycles. The third kappa shape index (κ3) is 6.72. The molecule has 0 saturated carbocycles. The number of alkyl carbamates (subject to hydrolysis) is 1. The molecule has 7 heteroatoms. The standard InChI is InChI=1S/C19H19ClFNO4/c20-17-11-15(21)7-6-14(17)10-16(8-9-18(23)24)22-19(25)26-12-13-4-2-1-3-5-13/h1-7,11,16H,8-10,12H2,(H,22,25)(H,23,24). The summed E-state index contributed by atoms with van der Waals surface area (Å²) in [6, 6.07) is 12.6. The largest absolute Gasteiger partial charge is 0.481 e. The van der Waals surface area contributed by atoms with Crippen LogP contribution in [0.15, 0.2) is 48.5 Å². The highest BCUT2D eigenvalue weighted by Gasteiger charge is 2.17. The van der Waals surface area contributed by atoms with Crippen LogP contribution < -0.4 is 5.32 Å². The van der Waals surface area contributed by atoms with E-state index in [1.807, 2.05) is 30.3 Å². The minimum Gasteiger partial charge on any atom is -0.481 e. The normalized spacial score (nSPS) is 11.6. The van der Waals surface area contributed by atoms with E-state index in [0.29, 0.717) is 5.56 Å². The van der Waals surface area contributed by atoms with Gasteiger partial charge in [0.2, 0.25) is 0 Å². The van der Waals surface area contributed by atoms with Crippen molar-refractivity contribution in [3.8, 4) is 0 Å². The maximum absolute atomic E-state index is 13.2. The molecule has 1 atom stereocenters. The number of nitrogens with one attached hydrogen (secondary N) is 1. The number of aliphatic carboxylic acids is 1. The smallest absolute Gasteiger partial charge is 0.407 e. The summed E-state index contributed by atoms with van der Waals surface area (Å²) in [4.78, 5) is 22.9. The zero-order valence-electron chi connectivity index (χ0n) is 14.0. The average molecular weight is 380 g/mol. The van der Waals surface area contributed by atoms with Gasteiger partial charge in [0, 0.05) is 17.5 Å². The summed E-state index contributed by atoms with van der Waals surface area (Å²) in [5.41, 5.74) is 1.46. The van der Waals surface area contributed by atoms with E-state index in [-0.39, 0.29) is 30.9 Å². The van der Waals surface area contributed by atoms with Crippen LogP contribution in [0, 0.1) is 5.82 Å². The van der Waals surface area contributed by atoms with Gasteiger partial charge in [-0.05, 0) is 36.1 Å². The molecule has 0 aliphatic carbocycles. The van der Waals surface area contributed by atoms with E-state index in [1.165, 1.54) is 18.2 Å². The van der Waals surface area contributed by atoms with E-state index in [0.717, 1.165) is 5.56 Å². The lowest BCUT2D eigenvalue weighted by Gasteiger charge is -2.19. The number of carbonyl (C=O) groups is 2. The van der Waals surface area contributed by atoms with Gasteiger partial charge in [0.1, 0.15) is 12.4 Å². The second-order valence-electron chi connectivity index (χ2n) is 5.78. The van der Waals surface area contributed by atoms with Crippen molar-refractivity contribution < 1.29 is 23.8 Å². The Hall–Kier alpha value is -2.60. The van der Waals surface area contributed by atoms with Gasteiger partial charge in [-0.2, -0.15) is 0 Å². The third-order valence-electron chi connectivity index (χ3n) is 3.72. The predicted octanol–water partition coefficient (Wildman–Crippen LogP) is 4.18. The Morgan fingerprint density at radius 2 is 1.92 bits per heavy atom. The van der Waals surface area contributed by atoms with Gasteiger partial charge in [-0.1, -0.05) is 48.0 Å². The summed E-state index contributed by atoms with van der Waals surface area (Å²) in [6.07, 6.45) is -0.305. The van der Waals surface area contributed by atoms with Crippen molar-refractivity contribution in [2.24, 2.45) is 0 Å². The van der Waals surface area contributed by atoms with Gasteiger partial charge in [0.05, 0.1) is 0 Å². The van der Waals surface area contributed by atoms with Crippen LogP contribution in [-0.2, 0) is 22.6 Å². The van der Waals surface area contributed by atoms with Gasteiger partial charge in [0.25, 0.3) is 0 Å². The molecule has 0 fully saturated rings. The maximum atomic E-state index is 13.2. The molecule has 0 aromatic heterocycles. The van der Waals surface area contributed by atoms with Gasteiger partial charge in [-0.25, -0.2) is 9.18 Å². The molecule has 2 aromatic carbocycles. The number of hydrogen-bond acceptors (Lipinski definition) is 3. The average Bonchev–Trinajstić information content (AvgIpc) is 2.61. The third-order valence-corrected chi connectivity index (χ3v) is 4.07. The highest BCUT2D eigenvalue weighted by Crippen LogP contribution is 2.20. The molecule has 0 aliphatic rings. The highest BCUT2D eigenvalue weighted by atomic mass is 35.5. The SMILES string of the molecule is O=C(O)CCC(Cc1ccc(F)cc1Cl)NC(=O)OCc1ccccc1. The number of ether oxygens (including phenoxy) is 1. The van der Waals surface area contributed by atoms with Gasteiger partial charge in [0.15, 0.2) is 0 Å². The van der Waals surface area contributed by atoms with E-state index in [1.54, 1.807) is 0 Å². The molecule has 1 amide bonds. The van der Waals surface area contributed by atoms with Crippen molar-refractivity contribution in [2.75, 3.05) is 0 Å². The minimum absolute atomic E-state index is 0.107. The quantitative estimate of drug-likeness (QED) is 0.721. The Morgan fingerprint density at radius 1 is 1.19 bits per heavy atom. The summed E-state index contributed by atoms with van der Waals surface area (Å²) >= 11 is 6.01. The number of hydrogen-bond donors (Lipinski definition) is 2. The molecule has 1 unspecified atom stereocenters. The lowest BCUT2D eigenvalue weighted by atomic mass is 10.0. The van der Waals surface area contributed by atoms with E-state index < -0.39 is 23.9 Å². The lowest BCUT2D eigenvalue weighted by Crippen LogP contribution is -2.37. The fourth-order valence-electron chi connectivity index (χ4n) is 2.41. The fraction of sp³-hybridized carbons (Fsp3) is 0.263. The van der Waals surface area contributed by atoms with Crippen molar-refractivity contribution in [2.45, 2.75) is 31.9 Å². The van der Waals surface area contributed by atoms with Gasteiger partial charge >= 0.3 is 12.1 Å². The van der Waals surface area contributed by atoms with Crippen LogP contribution in [0.1, 0.15) is 24.0 Å². The Kier molecular flexibility index (Phi) is 7.41. The summed E-state index contributed by atoms with van der Waals surface area (Å²) < 4.78 is 18.3. The summed E-state index contributed by atoms with van der Waals surface area (Å²) in [5.74, 6) is -1.43. The van der Waals surface area contributed by atoms with Crippen LogP contribution >= 0.6 is 11.6 Å². The molecule has 2 N–H and O–H groups in total. The van der Waals surface area contributed by atoms with Crippen LogP contribution in [0.5, 0.6) is 0 Å². The van der Waals surface area contributed by atoms with E-state index in [9.17, 15) is 14.0 Å². The van der Waals surface area contributed by atoms with Crippen molar-refractivity contribution in [1.29, 1.82) is 0 Å². The number of carboxylic acid groups (broad SMARTS) is 1. The van der Waals surface area contributed by atoms with Crippen molar-refractivity contribution in [1.82, 2.24) is 5.32 Å². The Bertz CT molecular complexity index is 754. The Morgan fingerprint density at radius 3 is 2.58 bits per heavy atom. The van der Waals surface area contributed by atoms with Crippen LogP contribution in [0.25, 0.3) is 0 Å². The molecule has 2 aromatic rings. The number of benzene rings is 2. The number of amides is 1. The number of halogens is 2. The lowest BCUT2D eigenvalue weighted by molar-refractivity contribution is -0.137. The van der Waals surface area contributed by atoms with Gasteiger partial charge < -0.3 is 15.2 Å². The topological polar surface area (TPSA) is 75.6 Å². The number of rotatable bonds is 8. The van der Waals surface area contributed by atoms with E-state index in [2.05, 4.69) is 5.32 Å². The molecular formula is C19H19ClFNO4. The van der Waals surface area contributed by atoms with E-state index in [4.69, 9.17) is 21.4 Å². The van der Waals surface area contributed by atoms with Crippen molar-refractivity contribution in [3.05, 3.63) is 70.5 Å². The maximum Gasteiger partial charge on any atom is 0.407 e. The van der Waals surface area contributed by atoms with E-state index >= 15 is 0 Å². The molecule has 0 saturated heterocycles. The molecule has 5 nitrogen and oxygen atoms in total. The Labute approximate surface area is 155 Å². The first-order valence-electron chi connectivity index (χ1n) is 8.07. The monoisotopic (exact) mass is 379 g/mol. The predicted molar refractivity (Wildman–Crippen MR) is 95.5 cm³/mol. The van der Waals surface area contributed by atoms with Crippen molar-refractivity contribution >= 4 is 23.7 Å². The molecule has 0 bridgehead atoms. The molecule has 26 heavy (non-hydrogen) atoms. The highest BCUT2D eigenvalue weighted by molar-refractivity contribution is 6.31. The second-order valence-corrected chi connectivity index (χ2v) is 6.18. The first kappa shape index (κ1) is 19.7. The molecule has 0 radical (unpaired) electrons. The second kappa shape index (κ2) is 9.77. The fourth-order valence-corrected chi connectivity index (χ4v) is 2.65. The first-order chi connectivity index (χ1) is 12.4. The van der Waals surface area contributed by atoms with Gasteiger partial charge in [-0.15, -0.1) is 0 Å². The first-order valence-corrected chi connectivity index (χ1v) is 8.45. The molecule has 138 valence electrons. The zero-order valence-corrected chi connectivity index (χ0v) is 14.7. The minimum atomic E-state index is -0.973. The van der Waals surface area contributed by atoms with Crippen LogP contribution in [-0.4, -0.2) is 23.2 Å². The summed E-state index contributed by atoms with van der Waals surface area (Å²) in [6.45, 7) is 0.107. The molecule has 0 heterocycles. The summed E-state index contributed by atoms with van der Waals surface area (Å²) in [7, 11) is 0. The van der Waals surface area contributed by atoms with Crippen LogP contribution in [0.2, 0.25) is 5.02 Å². The molecule has 2 rings (SSSR count). The molecular weight excluding hydrogens is 361 g/mol. The van der Waals surface area contributed by atoms with Crippen molar-refractivity contribution in [3.63, 3.8) is 0 Å². The zero-order chi connectivity index (χ0) is 18.9. The van der Waals surface area contributed by atoms with Crippen LogP contribution in [0.4, 0.5) is 9.18 Å². The number of carboxylic acids is 1. The van der Waals surface area contributed by atoms with Gasteiger partial charge in [-0.3, -0.25) is 4.79 Å². The van der Waals surface area contributed by atoms with Crippen LogP contribution in [0.3, 0.4) is 0 Å². The summed E-state index contributed by atoms with van der Waals surface area (Å²) in [5, 5.41) is 11.8. The molecule has 0 spiro atoms. The number of carbonyl (C=O) groups excluding carboxylic acids is 1.